The Morgan fingerprint density at radius 1 is 1.19 bits per heavy atom. The third-order valence-corrected chi connectivity index (χ3v) is 7.13. The van der Waals surface area contributed by atoms with E-state index in [4.69, 9.17) is 0 Å². The molecular formula is C27H32FN7O. The summed E-state index contributed by atoms with van der Waals surface area (Å²) in [6.45, 7) is 6.99. The number of rotatable bonds is 7. The lowest BCUT2D eigenvalue weighted by Crippen LogP contribution is -2.42. The van der Waals surface area contributed by atoms with Crippen LogP contribution in [0.25, 0.3) is 5.82 Å². The highest BCUT2D eigenvalue weighted by Gasteiger charge is 2.31. The minimum atomic E-state index is -0.408. The van der Waals surface area contributed by atoms with Crippen molar-refractivity contribution in [1.82, 2.24) is 24.4 Å². The molecule has 4 rings (SSSR count). The number of benzene rings is 1. The van der Waals surface area contributed by atoms with Crippen molar-refractivity contribution in [3.63, 3.8) is 0 Å². The van der Waals surface area contributed by atoms with Crippen LogP contribution in [-0.4, -0.2) is 50.5 Å². The molecule has 1 unspecified atom stereocenters. The van der Waals surface area contributed by atoms with Gasteiger partial charge < -0.3 is 9.80 Å². The van der Waals surface area contributed by atoms with Gasteiger partial charge in [0.2, 0.25) is 5.91 Å². The molecule has 8 nitrogen and oxygen atoms in total. The summed E-state index contributed by atoms with van der Waals surface area (Å²) >= 11 is 0. The molecule has 3 heterocycles. The Morgan fingerprint density at radius 2 is 1.92 bits per heavy atom. The smallest absolute Gasteiger partial charge is 0.226 e. The molecule has 0 radical (unpaired) electrons. The minimum Gasteiger partial charge on any atom is -0.356 e. The molecule has 0 bridgehead atoms. The standard InChI is InChI=1S/C27H32FN7O/c1-5-6-24(21-13-22(16-29)18(2)23(28)14-21)33(4)27(36)20-7-10-34(11-8-20)25-15-26(32-17-31-25)35-12-9-30-19(35)3/h9,12-15,17,20,24H,5-8,10-11H2,1-4H3. The number of aromatic nitrogens is 4. The lowest BCUT2D eigenvalue weighted by molar-refractivity contribution is -0.137. The summed E-state index contributed by atoms with van der Waals surface area (Å²) in [7, 11) is 1.79. The van der Waals surface area contributed by atoms with E-state index in [1.165, 1.54) is 6.07 Å². The summed E-state index contributed by atoms with van der Waals surface area (Å²) in [5.41, 5.74) is 1.33. The molecule has 2 aromatic heterocycles. The zero-order valence-electron chi connectivity index (χ0n) is 21.3. The Balaban J connectivity index is 1.46. The lowest BCUT2D eigenvalue weighted by atomic mass is 9.92. The Hall–Kier alpha value is -3.80. The number of halogens is 1. The molecular weight excluding hydrogens is 457 g/mol. The minimum absolute atomic E-state index is 0.0602. The molecule has 3 aromatic rings. The van der Waals surface area contributed by atoms with Crippen molar-refractivity contribution in [2.24, 2.45) is 5.92 Å². The van der Waals surface area contributed by atoms with Crippen LogP contribution >= 0.6 is 0 Å². The number of nitrogens with zero attached hydrogens (tertiary/aromatic N) is 7. The predicted octanol–water partition coefficient (Wildman–Crippen LogP) is 4.51. The molecule has 1 aliphatic heterocycles. The Bertz CT molecular complexity index is 1270. The van der Waals surface area contributed by atoms with Crippen molar-refractivity contribution >= 4 is 11.7 Å². The number of piperidine rings is 1. The summed E-state index contributed by atoms with van der Waals surface area (Å²) in [4.78, 5) is 30.5. The van der Waals surface area contributed by atoms with E-state index in [2.05, 4.69) is 25.9 Å². The van der Waals surface area contributed by atoms with E-state index in [1.807, 2.05) is 30.7 Å². The number of carbonyl (C=O) groups is 1. The Labute approximate surface area is 211 Å². The first-order valence-electron chi connectivity index (χ1n) is 12.4. The van der Waals surface area contributed by atoms with E-state index in [1.54, 1.807) is 37.5 Å². The van der Waals surface area contributed by atoms with Crippen LogP contribution < -0.4 is 4.90 Å². The third-order valence-electron chi connectivity index (χ3n) is 7.13. The number of anilines is 1. The average Bonchev–Trinajstić information content (AvgIpc) is 3.34. The Kier molecular flexibility index (Phi) is 7.63. The van der Waals surface area contributed by atoms with Gasteiger partial charge in [0.15, 0.2) is 0 Å². The van der Waals surface area contributed by atoms with Gasteiger partial charge in [-0.25, -0.2) is 19.3 Å². The van der Waals surface area contributed by atoms with Crippen LogP contribution in [0, 0.1) is 36.9 Å². The molecule has 1 fully saturated rings. The molecule has 0 N–H and O–H groups in total. The zero-order valence-corrected chi connectivity index (χ0v) is 21.3. The zero-order chi connectivity index (χ0) is 25.8. The summed E-state index contributed by atoms with van der Waals surface area (Å²) in [5.74, 6) is 1.98. The predicted molar refractivity (Wildman–Crippen MR) is 135 cm³/mol. The van der Waals surface area contributed by atoms with E-state index in [0.717, 1.165) is 23.9 Å². The molecule has 9 heteroatoms. The van der Waals surface area contributed by atoms with Gasteiger partial charge in [-0.1, -0.05) is 13.3 Å². The van der Waals surface area contributed by atoms with Gasteiger partial charge in [0.25, 0.3) is 0 Å². The molecule has 1 amide bonds. The van der Waals surface area contributed by atoms with Crippen molar-refractivity contribution in [2.45, 2.75) is 52.5 Å². The Morgan fingerprint density at radius 3 is 2.56 bits per heavy atom. The second-order valence-corrected chi connectivity index (χ2v) is 9.38. The van der Waals surface area contributed by atoms with Crippen molar-refractivity contribution < 1.29 is 9.18 Å². The second kappa shape index (κ2) is 10.9. The lowest BCUT2D eigenvalue weighted by Gasteiger charge is -2.36. The number of hydrogen-bond donors (Lipinski definition) is 0. The van der Waals surface area contributed by atoms with E-state index in [0.29, 0.717) is 49.0 Å². The molecule has 1 saturated heterocycles. The van der Waals surface area contributed by atoms with E-state index in [-0.39, 0.29) is 17.9 Å². The van der Waals surface area contributed by atoms with E-state index >= 15 is 0 Å². The molecule has 1 aromatic carbocycles. The highest BCUT2D eigenvalue weighted by atomic mass is 19.1. The number of imidazole rings is 1. The van der Waals surface area contributed by atoms with Gasteiger partial charge in [-0.2, -0.15) is 5.26 Å². The number of aryl methyl sites for hydroxylation is 1. The maximum absolute atomic E-state index is 14.5. The molecule has 0 spiro atoms. The number of hydrogen-bond acceptors (Lipinski definition) is 6. The van der Waals surface area contributed by atoms with E-state index in [9.17, 15) is 14.4 Å². The molecule has 0 saturated carbocycles. The maximum atomic E-state index is 14.5. The summed E-state index contributed by atoms with van der Waals surface area (Å²) in [6, 6.07) is 6.94. The van der Waals surface area contributed by atoms with Crippen LogP contribution in [-0.2, 0) is 4.79 Å². The largest absolute Gasteiger partial charge is 0.356 e. The fourth-order valence-electron chi connectivity index (χ4n) is 4.92. The summed E-state index contributed by atoms with van der Waals surface area (Å²) < 4.78 is 16.4. The summed E-state index contributed by atoms with van der Waals surface area (Å²) in [6.07, 6.45) is 8.11. The van der Waals surface area contributed by atoms with Crippen molar-refractivity contribution in [1.29, 1.82) is 5.26 Å². The highest BCUT2D eigenvalue weighted by molar-refractivity contribution is 5.79. The normalized spacial score (nSPS) is 14.9. The van der Waals surface area contributed by atoms with Gasteiger partial charge in [-0.15, -0.1) is 0 Å². The first kappa shape index (κ1) is 25.3. The van der Waals surface area contributed by atoms with Gasteiger partial charge in [-0.05, 0) is 50.8 Å². The van der Waals surface area contributed by atoms with Crippen molar-refractivity contribution in [2.75, 3.05) is 25.0 Å². The monoisotopic (exact) mass is 489 g/mol. The number of amides is 1. The fourth-order valence-corrected chi connectivity index (χ4v) is 4.92. The third kappa shape index (κ3) is 5.08. The van der Waals surface area contributed by atoms with Crippen LogP contribution in [0.15, 0.2) is 36.9 Å². The molecule has 36 heavy (non-hydrogen) atoms. The quantitative estimate of drug-likeness (QED) is 0.485. The van der Waals surface area contributed by atoms with Crippen LogP contribution in [0.2, 0.25) is 0 Å². The van der Waals surface area contributed by atoms with Crippen LogP contribution in [0.4, 0.5) is 10.2 Å². The van der Waals surface area contributed by atoms with Gasteiger partial charge in [0.1, 0.15) is 29.6 Å². The van der Waals surface area contributed by atoms with E-state index < -0.39 is 5.82 Å². The van der Waals surface area contributed by atoms with Gasteiger partial charge in [0, 0.05) is 50.1 Å². The van der Waals surface area contributed by atoms with Gasteiger partial charge >= 0.3 is 0 Å². The van der Waals surface area contributed by atoms with Crippen molar-refractivity contribution in [3.05, 3.63) is 65.3 Å². The van der Waals surface area contributed by atoms with Crippen molar-refractivity contribution in [3.8, 4) is 11.9 Å². The maximum Gasteiger partial charge on any atom is 0.226 e. The second-order valence-electron chi connectivity index (χ2n) is 9.38. The summed E-state index contributed by atoms with van der Waals surface area (Å²) in [5, 5.41) is 9.42. The van der Waals surface area contributed by atoms with Crippen LogP contribution in [0.3, 0.4) is 0 Å². The van der Waals surface area contributed by atoms with Crippen LogP contribution in [0.1, 0.15) is 61.2 Å². The molecule has 188 valence electrons. The molecule has 1 aliphatic rings. The average molecular weight is 490 g/mol. The number of nitriles is 1. The fraction of sp³-hybridized carbons (Fsp3) is 0.444. The molecule has 1 atom stereocenters. The highest BCUT2D eigenvalue weighted by Crippen LogP contribution is 2.31. The topological polar surface area (TPSA) is 90.9 Å². The van der Waals surface area contributed by atoms with Crippen LogP contribution in [0.5, 0.6) is 0 Å². The first-order valence-corrected chi connectivity index (χ1v) is 12.4. The van der Waals surface area contributed by atoms with Gasteiger partial charge in [0.05, 0.1) is 17.7 Å². The molecule has 0 aliphatic carbocycles. The first-order chi connectivity index (χ1) is 17.3. The van der Waals surface area contributed by atoms with Gasteiger partial charge in [-0.3, -0.25) is 9.36 Å². The SMILES string of the molecule is CCCC(c1cc(F)c(C)c(C#N)c1)N(C)C(=O)C1CCN(c2cc(-n3ccnc3C)ncn2)CC1. The number of carbonyl (C=O) groups excluding carboxylic acids is 1.